The van der Waals surface area contributed by atoms with Gasteiger partial charge in [-0.25, -0.2) is 0 Å². The highest BCUT2D eigenvalue weighted by molar-refractivity contribution is 7.98. The van der Waals surface area contributed by atoms with Crippen LogP contribution in [0.3, 0.4) is 0 Å². The second-order valence-corrected chi connectivity index (χ2v) is 2.72. The highest BCUT2D eigenvalue weighted by Crippen LogP contribution is 1.99. The van der Waals surface area contributed by atoms with Crippen LogP contribution in [0.1, 0.15) is 6.42 Å². The van der Waals surface area contributed by atoms with Gasteiger partial charge in [0.2, 0.25) is 0 Å². The van der Waals surface area contributed by atoms with Crippen LogP contribution in [0.25, 0.3) is 0 Å². The van der Waals surface area contributed by atoms with Crippen molar-refractivity contribution in [2.24, 2.45) is 5.73 Å². The molecule has 54 valence electrons. The third kappa shape index (κ3) is 4.42. The summed E-state index contributed by atoms with van der Waals surface area (Å²) in [6.07, 6.45) is 2.48. The first kappa shape index (κ1) is 8.91. The van der Waals surface area contributed by atoms with Crippen molar-refractivity contribution in [1.29, 1.82) is 5.41 Å². The summed E-state index contributed by atoms with van der Waals surface area (Å²) in [5, 5.41) is 6.48. The average molecular weight is 150 g/mol. The summed E-state index contributed by atoms with van der Waals surface area (Å²) >= 11 is 1.60. The van der Waals surface area contributed by atoms with Crippen molar-refractivity contribution in [2.45, 2.75) is 12.5 Å². The number of hydrogen-bond acceptors (Lipinski definition) is 3. The summed E-state index contributed by atoms with van der Waals surface area (Å²) in [7, 11) is 0. The summed E-state index contributed by atoms with van der Waals surface area (Å²) in [5.41, 5.74) is 5.19. The maximum absolute atomic E-state index is 11.9. The maximum atomic E-state index is 11.9. The lowest BCUT2D eigenvalue weighted by Gasteiger charge is -2.03. The van der Waals surface area contributed by atoms with Crippen LogP contribution in [-0.4, -0.2) is 24.0 Å². The molecule has 0 saturated carbocycles. The van der Waals surface area contributed by atoms with E-state index >= 15 is 0 Å². The van der Waals surface area contributed by atoms with Gasteiger partial charge in [0.1, 0.15) is 0 Å². The van der Waals surface area contributed by atoms with Gasteiger partial charge in [0.25, 0.3) is 0 Å². The van der Waals surface area contributed by atoms with Gasteiger partial charge < -0.3 is 5.73 Å². The number of rotatable bonds is 4. The largest absolute Gasteiger partial charge is 0.321 e. The Bertz CT molecular complexity index is 97.0. The van der Waals surface area contributed by atoms with Gasteiger partial charge in [-0.15, -0.1) is 0 Å². The van der Waals surface area contributed by atoms with E-state index in [1.807, 2.05) is 6.26 Å². The Hall–Kier alpha value is -0.0900. The highest BCUT2D eigenvalue weighted by Gasteiger charge is 2.06. The van der Waals surface area contributed by atoms with Gasteiger partial charge in [-0.3, -0.25) is 5.41 Å². The van der Waals surface area contributed by atoms with Crippen molar-refractivity contribution in [3.8, 4) is 0 Å². The molecule has 0 aromatic heterocycles. The van der Waals surface area contributed by atoms with Crippen LogP contribution >= 0.6 is 11.8 Å². The predicted octanol–water partition coefficient (Wildman–Crippen LogP) is 1.01. The highest BCUT2D eigenvalue weighted by atomic mass is 32.2. The van der Waals surface area contributed by atoms with E-state index in [0.29, 0.717) is 6.42 Å². The van der Waals surface area contributed by atoms with Crippen LogP contribution in [0.4, 0.5) is 4.39 Å². The van der Waals surface area contributed by atoms with Crippen LogP contribution in [0.5, 0.6) is 0 Å². The van der Waals surface area contributed by atoms with Crippen LogP contribution in [0.15, 0.2) is 0 Å². The number of thioether (sulfide) groups is 1. The molecule has 0 aliphatic heterocycles. The van der Waals surface area contributed by atoms with E-state index in [9.17, 15) is 4.39 Å². The molecular formula is C5H11FN2S. The van der Waals surface area contributed by atoms with Gasteiger partial charge in [0, 0.05) is 0 Å². The summed E-state index contributed by atoms with van der Waals surface area (Å²) in [6, 6.07) is -0.683. The van der Waals surface area contributed by atoms with Gasteiger partial charge >= 0.3 is 0 Å². The molecular weight excluding hydrogens is 139 g/mol. The predicted molar refractivity (Wildman–Crippen MR) is 39.8 cm³/mol. The fourth-order valence-electron chi connectivity index (χ4n) is 0.372. The first-order valence-electron chi connectivity index (χ1n) is 2.67. The molecule has 0 fully saturated rings. The van der Waals surface area contributed by atoms with Crippen molar-refractivity contribution < 1.29 is 4.39 Å². The second kappa shape index (κ2) is 4.76. The first-order chi connectivity index (χ1) is 4.18. The third-order valence-corrected chi connectivity index (χ3v) is 1.60. The van der Waals surface area contributed by atoms with E-state index in [-0.39, 0.29) is 0 Å². The van der Waals surface area contributed by atoms with Crippen molar-refractivity contribution in [3.63, 3.8) is 0 Å². The Morgan fingerprint density at radius 3 is 2.78 bits per heavy atom. The van der Waals surface area contributed by atoms with E-state index in [4.69, 9.17) is 11.1 Å². The molecule has 0 aliphatic carbocycles. The molecule has 0 unspecified atom stereocenters. The molecule has 0 heterocycles. The van der Waals surface area contributed by atoms with Gasteiger partial charge in [-0.05, 0) is 18.4 Å². The zero-order valence-corrected chi connectivity index (χ0v) is 6.17. The van der Waals surface area contributed by atoms with Crippen LogP contribution in [0.2, 0.25) is 0 Å². The first-order valence-corrected chi connectivity index (χ1v) is 4.06. The molecule has 0 aliphatic rings. The number of nitrogens with one attached hydrogen (secondary N) is 1. The Balaban J connectivity index is 3.27. The fraction of sp³-hybridized carbons (Fsp3) is 0.800. The van der Waals surface area contributed by atoms with E-state index in [1.54, 1.807) is 11.8 Å². The summed E-state index contributed by atoms with van der Waals surface area (Å²) in [4.78, 5) is 0. The smallest absolute Gasteiger partial charge is 0.198 e. The Morgan fingerprint density at radius 2 is 2.44 bits per heavy atom. The topological polar surface area (TPSA) is 49.9 Å². The van der Waals surface area contributed by atoms with Crippen LogP contribution < -0.4 is 5.73 Å². The third-order valence-electron chi connectivity index (χ3n) is 0.959. The van der Waals surface area contributed by atoms with Gasteiger partial charge in [0.15, 0.2) is 5.97 Å². The molecule has 0 rings (SSSR count). The second-order valence-electron chi connectivity index (χ2n) is 1.74. The molecule has 4 heteroatoms. The Kier molecular flexibility index (Phi) is 4.71. The van der Waals surface area contributed by atoms with Gasteiger partial charge in [-0.2, -0.15) is 16.2 Å². The molecule has 0 radical (unpaired) electrons. The zero-order chi connectivity index (χ0) is 7.28. The number of halogens is 1. The van der Waals surface area contributed by atoms with Crippen LogP contribution in [0, 0.1) is 5.41 Å². The Morgan fingerprint density at radius 1 is 1.89 bits per heavy atom. The SMILES string of the molecule is CSCC[C@H](N)C(=N)F. The zero-order valence-electron chi connectivity index (χ0n) is 5.36. The minimum absolute atomic E-state index is 0.552. The molecule has 0 aromatic carbocycles. The monoisotopic (exact) mass is 150 g/mol. The van der Waals surface area contributed by atoms with E-state index in [1.165, 1.54) is 0 Å². The quantitative estimate of drug-likeness (QED) is 0.588. The summed E-state index contributed by atoms with van der Waals surface area (Å²) in [6.45, 7) is 0. The van der Waals surface area contributed by atoms with E-state index in [2.05, 4.69) is 0 Å². The standard InChI is InChI=1S/C5H11FN2S/c1-9-3-2-4(7)5(6)8/h4,8H,2-3,7H2,1H3/t4-/m0/s1. The van der Waals surface area contributed by atoms with Crippen molar-refractivity contribution >= 4 is 17.7 Å². The van der Waals surface area contributed by atoms with Crippen molar-refractivity contribution in [3.05, 3.63) is 0 Å². The molecule has 3 N–H and O–H groups in total. The molecule has 9 heavy (non-hydrogen) atoms. The minimum atomic E-state index is -0.913. The molecule has 1 atom stereocenters. The number of nitrogens with two attached hydrogens (primary N) is 1. The fourth-order valence-corrected chi connectivity index (χ4v) is 0.861. The molecule has 0 spiro atoms. The summed E-state index contributed by atoms with van der Waals surface area (Å²) in [5.74, 6) is -0.1000. The molecule has 2 nitrogen and oxygen atoms in total. The van der Waals surface area contributed by atoms with Gasteiger partial charge in [0.05, 0.1) is 6.04 Å². The van der Waals surface area contributed by atoms with E-state index in [0.717, 1.165) is 5.75 Å². The molecule has 0 amide bonds. The average Bonchev–Trinajstić information content (AvgIpc) is 1.82. The van der Waals surface area contributed by atoms with Gasteiger partial charge in [-0.1, -0.05) is 0 Å². The maximum Gasteiger partial charge on any atom is 0.198 e. The Labute approximate surface area is 58.5 Å². The van der Waals surface area contributed by atoms with Crippen molar-refractivity contribution in [2.75, 3.05) is 12.0 Å². The summed E-state index contributed by atoms with van der Waals surface area (Å²) < 4.78 is 11.9. The molecule has 0 saturated heterocycles. The molecule has 0 aromatic rings. The van der Waals surface area contributed by atoms with E-state index < -0.39 is 12.0 Å². The lowest BCUT2D eigenvalue weighted by atomic mass is 10.2. The minimum Gasteiger partial charge on any atom is -0.321 e. The normalized spacial score (nSPS) is 13.2. The van der Waals surface area contributed by atoms with Crippen molar-refractivity contribution in [1.82, 2.24) is 0 Å². The van der Waals surface area contributed by atoms with Crippen LogP contribution in [-0.2, 0) is 0 Å². The number of hydrogen-bond donors (Lipinski definition) is 2. The molecule has 0 bridgehead atoms. The lowest BCUT2D eigenvalue weighted by Crippen LogP contribution is -2.27. The lowest BCUT2D eigenvalue weighted by molar-refractivity contribution is 0.680.